The van der Waals surface area contributed by atoms with Gasteiger partial charge in [0.2, 0.25) is 0 Å². The maximum absolute atomic E-state index is 4.56. The molecular formula is C15H19N3. The van der Waals surface area contributed by atoms with Crippen molar-refractivity contribution in [3.05, 3.63) is 47.2 Å². The molecule has 18 heavy (non-hydrogen) atoms. The Kier molecular flexibility index (Phi) is 2.82. The number of benzene rings is 1. The third-order valence-electron chi connectivity index (χ3n) is 3.72. The van der Waals surface area contributed by atoms with Gasteiger partial charge in [-0.3, -0.25) is 0 Å². The first-order valence-corrected chi connectivity index (χ1v) is 6.66. The van der Waals surface area contributed by atoms with Crippen LogP contribution in [0.15, 0.2) is 30.5 Å². The second kappa shape index (κ2) is 4.48. The van der Waals surface area contributed by atoms with Gasteiger partial charge in [-0.05, 0) is 25.3 Å². The number of nitrogens with one attached hydrogen (secondary N) is 1. The summed E-state index contributed by atoms with van der Waals surface area (Å²) in [6, 6.07) is 9.19. The van der Waals surface area contributed by atoms with Crippen LogP contribution in [-0.2, 0) is 6.42 Å². The first kappa shape index (κ1) is 11.3. The fourth-order valence-corrected chi connectivity index (χ4v) is 2.63. The van der Waals surface area contributed by atoms with Crippen LogP contribution in [0.5, 0.6) is 0 Å². The molecule has 1 N–H and O–H groups in total. The molecule has 0 saturated carbocycles. The summed E-state index contributed by atoms with van der Waals surface area (Å²) in [7, 11) is 0. The minimum absolute atomic E-state index is 0.377. The number of aryl methyl sites for hydroxylation is 2. The maximum atomic E-state index is 4.56. The Labute approximate surface area is 108 Å². The van der Waals surface area contributed by atoms with Crippen LogP contribution in [-0.4, -0.2) is 16.3 Å². The highest BCUT2D eigenvalue weighted by molar-refractivity contribution is 5.47. The standard InChI is InChI=1S/C15H19N3/c1-3-12-10-17-18-14(8-9-16-15(12)18)13-6-4-11(2)5-7-13/h4-7,10,14,16H,3,8-9H2,1-2H3. The lowest BCUT2D eigenvalue weighted by atomic mass is 10.0. The zero-order valence-electron chi connectivity index (χ0n) is 11.0. The SMILES string of the molecule is CCc1cnn2c1NCCC2c1ccc(C)cc1. The van der Waals surface area contributed by atoms with Gasteiger partial charge in [0, 0.05) is 12.1 Å². The highest BCUT2D eigenvalue weighted by atomic mass is 15.4. The van der Waals surface area contributed by atoms with Gasteiger partial charge in [0.15, 0.2) is 0 Å². The van der Waals surface area contributed by atoms with E-state index in [-0.39, 0.29) is 0 Å². The Morgan fingerprint density at radius 2 is 2.11 bits per heavy atom. The van der Waals surface area contributed by atoms with Crippen molar-refractivity contribution in [2.24, 2.45) is 0 Å². The molecule has 0 amide bonds. The Bertz CT molecular complexity index is 539. The summed E-state index contributed by atoms with van der Waals surface area (Å²) < 4.78 is 2.15. The average molecular weight is 241 g/mol. The fourth-order valence-electron chi connectivity index (χ4n) is 2.63. The number of anilines is 1. The molecule has 1 unspecified atom stereocenters. The van der Waals surface area contributed by atoms with Crippen molar-refractivity contribution in [3.8, 4) is 0 Å². The Morgan fingerprint density at radius 1 is 1.33 bits per heavy atom. The molecule has 0 fully saturated rings. The normalized spacial score (nSPS) is 18.2. The molecule has 0 saturated heterocycles. The Hall–Kier alpha value is -1.77. The van der Waals surface area contributed by atoms with Gasteiger partial charge < -0.3 is 5.32 Å². The van der Waals surface area contributed by atoms with E-state index in [0.29, 0.717) is 6.04 Å². The Balaban J connectivity index is 2.00. The molecule has 3 heteroatoms. The topological polar surface area (TPSA) is 29.9 Å². The van der Waals surface area contributed by atoms with E-state index in [1.54, 1.807) is 0 Å². The van der Waals surface area contributed by atoms with Crippen molar-refractivity contribution in [1.29, 1.82) is 0 Å². The van der Waals surface area contributed by atoms with Crippen LogP contribution in [0.4, 0.5) is 5.82 Å². The molecular weight excluding hydrogens is 222 g/mol. The monoisotopic (exact) mass is 241 g/mol. The van der Waals surface area contributed by atoms with Gasteiger partial charge in [0.25, 0.3) is 0 Å². The summed E-state index contributed by atoms with van der Waals surface area (Å²) in [4.78, 5) is 0. The number of hydrogen-bond donors (Lipinski definition) is 1. The summed E-state index contributed by atoms with van der Waals surface area (Å²) in [5, 5.41) is 8.04. The van der Waals surface area contributed by atoms with E-state index in [4.69, 9.17) is 0 Å². The summed E-state index contributed by atoms with van der Waals surface area (Å²) in [6.07, 6.45) is 4.12. The van der Waals surface area contributed by atoms with Gasteiger partial charge in [-0.2, -0.15) is 5.10 Å². The van der Waals surface area contributed by atoms with E-state index in [9.17, 15) is 0 Å². The van der Waals surface area contributed by atoms with Crippen LogP contribution in [0.1, 0.15) is 36.1 Å². The summed E-state index contributed by atoms with van der Waals surface area (Å²) in [5.41, 5.74) is 3.98. The van der Waals surface area contributed by atoms with Crippen LogP contribution in [0, 0.1) is 6.92 Å². The molecule has 3 rings (SSSR count). The second-order valence-corrected chi connectivity index (χ2v) is 4.96. The van der Waals surface area contributed by atoms with Gasteiger partial charge in [-0.1, -0.05) is 36.8 Å². The average Bonchev–Trinajstić information content (AvgIpc) is 2.82. The molecule has 1 aliphatic rings. The predicted molar refractivity (Wildman–Crippen MR) is 74.0 cm³/mol. The molecule has 1 aromatic carbocycles. The first-order chi connectivity index (χ1) is 8.79. The molecule has 2 aromatic rings. The number of fused-ring (bicyclic) bond motifs is 1. The predicted octanol–water partition coefficient (Wildman–Crippen LogP) is 3.16. The number of aromatic nitrogens is 2. The smallest absolute Gasteiger partial charge is 0.128 e. The van der Waals surface area contributed by atoms with Crippen molar-refractivity contribution in [2.75, 3.05) is 11.9 Å². The third-order valence-corrected chi connectivity index (χ3v) is 3.72. The van der Waals surface area contributed by atoms with Crippen molar-refractivity contribution in [3.63, 3.8) is 0 Å². The molecule has 2 heterocycles. The van der Waals surface area contributed by atoms with Crippen molar-refractivity contribution < 1.29 is 0 Å². The van der Waals surface area contributed by atoms with E-state index < -0.39 is 0 Å². The van der Waals surface area contributed by atoms with Crippen LogP contribution < -0.4 is 5.32 Å². The number of hydrogen-bond acceptors (Lipinski definition) is 2. The molecule has 1 aliphatic heterocycles. The lowest BCUT2D eigenvalue weighted by Crippen LogP contribution is -2.24. The number of nitrogens with zero attached hydrogens (tertiary/aromatic N) is 2. The fraction of sp³-hybridized carbons (Fsp3) is 0.400. The van der Waals surface area contributed by atoms with Gasteiger partial charge in [-0.25, -0.2) is 4.68 Å². The first-order valence-electron chi connectivity index (χ1n) is 6.66. The molecule has 94 valence electrons. The quantitative estimate of drug-likeness (QED) is 0.875. The maximum Gasteiger partial charge on any atom is 0.128 e. The van der Waals surface area contributed by atoms with Gasteiger partial charge in [0.05, 0.1) is 12.2 Å². The van der Waals surface area contributed by atoms with Crippen LogP contribution in [0.3, 0.4) is 0 Å². The summed E-state index contributed by atoms with van der Waals surface area (Å²) in [6.45, 7) is 5.33. The van der Waals surface area contributed by atoms with Crippen molar-refractivity contribution >= 4 is 5.82 Å². The highest BCUT2D eigenvalue weighted by Gasteiger charge is 2.23. The second-order valence-electron chi connectivity index (χ2n) is 4.96. The minimum atomic E-state index is 0.377. The van der Waals surface area contributed by atoms with Crippen LogP contribution in [0.25, 0.3) is 0 Å². The summed E-state index contributed by atoms with van der Waals surface area (Å²) in [5.74, 6) is 1.20. The van der Waals surface area contributed by atoms with E-state index in [2.05, 4.69) is 53.2 Å². The minimum Gasteiger partial charge on any atom is -0.370 e. The van der Waals surface area contributed by atoms with Gasteiger partial charge in [0.1, 0.15) is 5.82 Å². The zero-order chi connectivity index (χ0) is 12.5. The van der Waals surface area contributed by atoms with E-state index in [1.165, 1.54) is 22.5 Å². The van der Waals surface area contributed by atoms with Gasteiger partial charge in [-0.15, -0.1) is 0 Å². The molecule has 1 atom stereocenters. The van der Waals surface area contributed by atoms with E-state index in [1.807, 2.05) is 6.20 Å². The molecule has 1 aromatic heterocycles. The molecule has 0 radical (unpaired) electrons. The summed E-state index contributed by atoms with van der Waals surface area (Å²) >= 11 is 0. The lowest BCUT2D eigenvalue weighted by molar-refractivity contribution is 0.481. The van der Waals surface area contributed by atoms with Gasteiger partial charge >= 0.3 is 0 Å². The van der Waals surface area contributed by atoms with Crippen molar-refractivity contribution in [2.45, 2.75) is 32.7 Å². The lowest BCUT2D eigenvalue weighted by Gasteiger charge is -2.26. The van der Waals surface area contributed by atoms with E-state index in [0.717, 1.165) is 19.4 Å². The van der Waals surface area contributed by atoms with Crippen LogP contribution in [0.2, 0.25) is 0 Å². The number of rotatable bonds is 2. The molecule has 0 spiro atoms. The van der Waals surface area contributed by atoms with Crippen molar-refractivity contribution in [1.82, 2.24) is 9.78 Å². The third kappa shape index (κ3) is 1.80. The van der Waals surface area contributed by atoms with E-state index >= 15 is 0 Å². The molecule has 0 aliphatic carbocycles. The van der Waals surface area contributed by atoms with Crippen LogP contribution >= 0.6 is 0 Å². The molecule has 0 bridgehead atoms. The molecule has 3 nitrogen and oxygen atoms in total. The zero-order valence-corrected chi connectivity index (χ0v) is 11.0. The highest BCUT2D eigenvalue weighted by Crippen LogP contribution is 2.31. The Morgan fingerprint density at radius 3 is 2.83 bits per heavy atom. The largest absolute Gasteiger partial charge is 0.370 e.